The number of aliphatic hydroxyl groups excluding tert-OH is 1. The molecule has 0 saturated carbocycles. The van der Waals surface area contributed by atoms with Gasteiger partial charge in [0.05, 0.1) is 13.2 Å². The van der Waals surface area contributed by atoms with Gasteiger partial charge in [-0.2, -0.15) is 0 Å². The molecule has 1 amide bonds. The Labute approximate surface area is 111 Å². The average Bonchev–Trinajstić information content (AvgIpc) is 3.02. The topological polar surface area (TPSA) is 62.2 Å². The molecule has 2 heterocycles. The number of aliphatic hydroxyl groups is 1. The van der Waals surface area contributed by atoms with Gasteiger partial charge in [-0.3, -0.25) is 9.74 Å². The Bertz CT molecular complexity index is 453. The summed E-state index contributed by atoms with van der Waals surface area (Å²) in [4.78, 5) is 18.8. The Balaban J connectivity index is 1.59. The van der Waals surface area contributed by atoms with Crippen LogP contribution in [0.4, 0.5) is 4.79 Å². The van der Waals surface area contributed by atoms with Gasteiger partial charge in [-0.1, -0.05) is 30.3 Å². The highest BCUT2D eigenvalue weighted by molar-refractivity contribution is 5.68. The van der Waals surface area contributed by atoms with Crippen LogP contribution in [0.2, 0.25) is 0 Å². The standard InChI is InChI=1S/C13H16N2O4/c16-12-8-14(11-6-7-19-15(11)12)13(17)18-9-10-4-2-1-3-5-10/h1-5,11-12,16H,6-9H2/t11-,12+/m0/s1. The van der Waals surface area contributed by atoms with Crippen molar-refractivity contribution in [1.82, 2.24) is 9.96 Å². The normalized spacial score (nSPS) is 26.5. The summed E-state index contributed by atoms with van der Waals surface area (Å²) in [7, 11) is 0. The van der Waals surface area contributed by atoms with Crippen LogP contribution in [0.25, 0.3) is 0 Å². The first-order chi connectivity index (χ1) is 9.25. The summed E-state index contributed by atoms with van der Waals surface area (Å²) in [5, 5.41) is 11.2. The predicted molar refractivity (Wildman–Crippen MR) is 65.5 cm³/mol. The van der Waals surface area contributed by atoms with E-state index in [4.69, 9.17) is 9.57 Å². The summed E-state index contributed by atoms with van der Waals surface area (Å²) in [5.74, 6) is 0. The molecular weight excluding hydrogens is 248 g/mol. The number of rotatable bonds is 2. The minimum absolute atomic E-state index is 0.210. The van der Waals surface area contributed by atoms with Crippen LogP contribution >= 0.6 is 0 Å². The van der Waals surface area contributed by atoms with Crippen molar-refractivity contribution in [2.24, 2.45) is 0 Å². The summed E-state index contributed by atoms with van der Waals surface area (Å²) < 4.78 is 5.26. The molecule has 0 unspecified atom stereocenters. The van der Waals surface area contributed by atoms with E-state index in [1.165, 1.54) is 9.96 Å². The third-order valence-electron chi connectivity index (χ3n) is 3.36. The lowest BCUT2D eigenvalue weighted by Crippen LogP contribution is -2.38. The molecule has 102 valence electrons. The molecule has 0 spiro atoms. The molecule has 1 aromatic carbocycles. The largest absolute Gasteiger partial charge is 0.445 e. The maximum atomic E-state index is 12.0. The summed E-state index contributed by atoms with van der Waals surface area (Å²) in [6, 6.07) is 9.51. The van der Waals surface area contributed by atoms with Crippen molar-refractivity contribution in [3.63, 3.8) is 0 Å². The van der Waals surface area contributed by atoms with E-state index in [-0.39, 0.29) is 19.3 Å². The number of carbonyl (C=O) groups excluding carboxylic acids is 1. The van der Waals surface area contributed by atoms with Crippen LogP contribution in [0.1, 0.15) is 12.0 Å². The predicted octanol–water partition coefficient (Wildman–Crippen LogP) is 0.921. The van der Waals surface area contributed by atoms with Crippen LogP contribution in [0.3, 0.4) is 0 Å². The number of nitrogens with zero attached hydrogens (tertiary/aromatic N) is 2. The second-order valence-electron chi connectivity index (χ2n) is 4.64. The highest BCUT2D eigenvalue weighted by atomic mass is 16.7. The molecule has 2 aliphatic heterocycles. The molecule has 19 heavy (non-hydrogen) atoms. The molecule has 1 N–H and O–H groups in total. The molecule has 3 rings (SSSR count). The molecule has 2 aliphatic rings. The molecule has 2 saturated heterocycles. The number of amides is 1. The van der Waals surface area contributed by atoms with Gasteiger partial charge >= 0.3 is 6.09 Å². The second-order valence-corrected chi connectivity index (χ2v) is 4.64. The van der Waals surface area contributed by atoms with Gasteiger partial charge in [-0.15, -0.1) is 5.06 Å². The minimum atomic E-state index is -0.767. The van der Waals surface area contributed by atoms with Gasteiger partial charge in [0.1, 0.15) is 19.0 Å². The first-order valence-corrected chi connectivity index (χ1v) is 6.32. The molecular formula is C13H16N2O4. The van der Waals surface area contributed by atoms with Gasteiger partial charge in [-0.25, -0.2) is 4.79 Å². The monoisotopic (exact) mass is 264 g/mol. The van der Waals surface area contributed by atoms with Gasteiger partial charge in [0, 0.05) is 6.42 Å². The van der Waals surface area contributed by atoms with E-state index >= 15 is 0 Å². The maximum absolute atomic E-state index is 12.0. The van der Waals surface area contributed by atoms with Crippen molar-refractivity contribution in [1.29, 1.82) is 0 Å². The molecule has 0 aliphatic carbocycles. The summed E-state index contributed by atoms with van der Waals surface area (Å²) in [5.41, 5.74) is 0.940. The van der Waals surface area contributed by atoms with Crippen LogP contribution in [0, 0.1) is 0 Å². The SMILES string of the molecule is O=C(OCc1ccccc1)N1C[C@@H](O)N2OCC[C@@H]12. The summed E-state index contributed by atoms with van der Waals surface area (Å²) >= 11 is 0. The maximum Gasteiger partial charge on any atom is 0.411 e. The molecule has 2 fully saturated rings. The fraction of sp³-hybridized carbons (Fsp3) is 0.462. The fourth-order valence-corrected chi connectivity index (χ4v) is 2.43. The number of hydroxylamine groups is 2. The van der Waals surface area contributed by atoms with Crippen molar-refractivity contribution < 1.29 is 19.5 Å². The zero-order valence-electron chi connectivity index (χ0n) is 10.4. The van der Waals surface area contributed by atoms with Crippen molar-refractivity contribution >= 4 is 6.09 Å². The lowest BCUT2D eigenvalue weighted by molar-refractivity contribution is -0.198. The first-order valence-electron chi connectivity index (χ1n) is 6.32. The van der Waals surface area contributed by atoms with E-state index in [1.807, 2.05) is 30.3 Å². The number of β-amino-alcohol motifs (C(OH)–C–C–N with tert-alkyl or cyclic N) is 1. The number of carbonyl (C=O) groups is 1. The first kappa shape index (κ1) is 12.4. The number of benzene rings is 1. The van der Waals surface area contributed by atoms with Gasteiger partial charge in [0.2, 0.25) is 0 Å². The third kappa shape index (κ3) is 2.42. The van der Waals surface area contributed by atoms with Gasteiger partial charge in [-0.05, 0) is 5.56 Å². The number of ether oxygens (including phenoxy) is 1. The van der Waals surface area contributed by atoms with Crippen LogP contribution in [0.15, 0.2) is 30.3 Å². The smallest absolute Gasteiger partial charge is 0.411 e. The Morgan fingerprint density at radius 1 is 1.42 bits per heavy atom. The Hall–Kier alpha value is -1.63. The van der Waals surface area contributed by atoms with E-state index in [9.17, 15) is 9.90 Å². The number of hydrogen-bond donors (Lipinski definition) is 1. The van der Waals surface area contributed by atoms with E-state index in [2.05, 4.69) is 0 Å². The van der Waals surface area contributed by atoms with Gasteiger partial charge in [0.15, 0.2) is 0 Å². The van der Waals surface area contributed by atoms with E-state index in [0.29, 0.717) is 13.0 Å². The van der Waals surface area contributed by atoms with E-state index in [0.717, 1.165) is 5.56 Å². The lowest BCUT2D eigenvalue weighted by Gasteiger charge is -2.21. The van der Waals surface area contributed by atoms with E-state index < -0.39 is 12.3 Å². The second kappa shape index (κ2) is 5.16. The molecule has 0 bridgehead atoms. The van der Waals surface area contributed by atoms with Crippen LogP contribution in [0.5, 0.6) is 0 Å². The van der Waals surface area contributed by atoms with Crippen LogP contribution < -0.4 is 0 Å². The van der Waals surface area contributed by atoms with Crippen molar-refractivity contribution in [2.75, 3.05) is 13.2 Å². The molecule has 0 aromatic heterocycles. The Morgan fingerprint density at radius 2 is 2.21 bits per heavy atom. The van der Waals surface area contributed by atoms with Gasteiger partial charge in [0.25, 0.3) is 0 Å². The highest BCUT2D eigenvalue weighted by Crippen LogP contribution is 2.28. The zero-order chi connectivity index (χ0) is 13.2. The molecule has 2 atom stereocenters. The lowest BCUT2D eigenvalue weighted by atomic mass is 10.2. The Morgan fingerprint density at radius 3 is 3.00 bits per heavy atom. The number of hydrogen-bond acceptors (Lipinski definition) is 5. The average molecular weight is 264 g/mol. The molecule has 6 nitrogen and oxygen atoms in total. The minimum Gasteiger partial charge on any atom is -0.445 e. The summed E-state index contributed by atoms with van der Waals surface area (Å²) in [6.45, 7) is 0.975. The highest BCUT2D eigenvalue weighted by Gasteiger charge is 2.45. The van der Waals surface area contributed by atoms with Crippen molar-refractivity contribution in [3.8, 4) is 0 Å². The van der Waals surface area contributed by atoms with Crippen molar-refractivity contribution in [3.05, 3.63) is 35.9 Å². The van der Waals surface area contributed by atoms with Crippen LogP contribution in [-0.2, 0) is 16.2 Å². The molecule has 6 heteroatoms. The fourth-order valence-electron chi connectivity index (χ4n) is 2.43. The Kier molecular flexibility index (Phi) is 3.37. The zero-order valence-corrected chi connectivity index (χ0v) is 10.4. The van der Waals surface area contributed by atoms with Crippen molar-refractivity contribution in [2.45, 2.75) is 25.4 Å². The summed E-state index contributed by atoms with van der Waals surface area (Å²) in [6.07, 6.45) is -0.701. The van der Waals surface area contributed by atoms with Gasteiger partial charge < -0.3 is 9.84 Å². The number of fused-ring (bicyclic) bond motifs is 1. The molecule has 1 aromatic rings. The molecule has 0 radical (unpaired) electrons. The van der Waals surface area contributed by atoms with Crippen LogP contribution in [-0.4, -0.2) is 46.7 Å². The quantitative estimate of drug-likeness (QED) is 0.860. The van der Waals surface area contributed by atoms with E-state index in [1.54, 1.807) is 0 Å². The third-order valence-corrected chi connectivity index (χ3v) is 3.36.